The maximum atomic E-state index is 11.8. The molecule has 0 amide bonds. The van der Waals surface area contributed by atoms with E-state index in [4.69, 9.17) is 4.74 Å². The molecule has 1 aliphatic heterocycles. The molecule has 4 nitrogen and oxygen atoms in total. The second-order valence-corrected chi connectivity index (χ2v) is 5.20. The number of ether oxygens (including phenoxy) is 1. The van der Waals surface area contributed by atoms with Crippen molar-refractivity contribution < 1.29 is 14.6 Å². The Balaban J connectivity index is 1.93. The smallest absolute Gasteiger partial charge is 0.313 e. The SMILES string of the molecule is O=C(O)C1(Cc2cccnc2)COc2ccccc2C1. The maximum Gasteiger partial charge on any atom is 0.313 e. The van der Waals surface area contributed by atoms with Gasteiger partial charge in [0, 0.05) is 12.4 Å². The number of aliphatic carboxylic acids is 1. The van der Waals surface area contributed by atoms with E-state index >= 15 is 0 Å². The average Bonchev–Trinajstić information content (AvgIpc) is 2.48. The van der Waals surface area contributed by atoms with E-state index in [0.717, 1.165) is 16.9 Å². The molecule has 4 heteroatoms. The summed E-state index contributed by atoms with van der Waals surface area (Å²) >= 11 is 0. The third-order valence-electron chi connectivity index (χ3n) is 3.72. The Hall–Kier alpha value is -2.36. The van der Waals surface area contributed by atoms with Crippen LogP contribution in [-0.4, -0.2) is 22.7 Å². The lowest BCUT2D eigenvalue weighted by molar-refractivity contribution is -0.151. The Labute approximate surface area is 117 Å². The van der Waals surface area contributed by atoms with E-state index < -0.39 is 11.4 Å². The topological polar surface area (TPSA) is 59.4 Å². The highest BCUT2D eigenvalue weighted by atomic mass is 16.5. The molecule has 1 aliphatic rings. The molecule has 1 aromatic carbocycles. The highest BCUT2D eigenvalue weighted by Crippen LogP contribution is 2.37. The first-order valence-electron chi connectivity index (χ1n) is 6.53. The number of pyridine rings is 1. The van der Waals surface area contributed by atoms with Gasteiger partial charge in [-0.05, 0) is 36.1 Å². The number of fused-ring (bicyclic) bond motifs is 1. The molecule has 1 N–H and O–H groups in total. The minimum Gasteiger partial charge on any atom is -0.492 e. The second kappa shape index (κ2) is 4.96. The van der Waals surface area contributed by atoms with Crippen molar-refractivity contribution in [2.24, 2.45) is 5.41 Å². The van der Waals surface area contributed by atoms with E-state index in [2.05, 4.69) is 4.98 Å². The fraction of sp³-hybridized carbons (Fsp3) is 0.250. The van der Waals surface area contributed by atoms with Crippen molar-refractivity contribution in [2.45, 2.75) is 12.8 Å². The summed E-state index contributed by atoms with van der Waals surface area (Å²) < 4.78 is 5.67. The first kappa shape index (κ1) is 12.7. The molecule has 0 fully saturated rings. The highest BCUT2D eigenvalue weighted by Gasteiger charge is 2.43. The third kappa shape index (κ3) is 2.25. The van der Waals surface area contributed by atoms with Gasteiger partial charge in [-0.1, -0.05) is 24.3 Å². The van der Waals surface area contributed by atoms with Gasteiger partial charge in [0.05, 0.1) is 0 Å². The standard InChI is InChI=1S/C16H15NO3/c18-15(19)16(8-12-4-3-7-17-10-12)9-13-5-1-2-6-14(13)20-11-16/h1-7,10H,8-9,11H2,(H,18,19). The van der Waals surface area contributed by atoms with Crippen molar-refractivity contribution in [2.75, 3.05) is 6.61 Å². The number of benzene rings is 1. The van der Waals surface area contributed by atoms with Gasteiger partial charge >= 0.3 is 5.97 Å². The maximum absolute atomic E-state index is 11.8. The first-order chi connectivity index (χ1) is 9.70. The van der Waals surface area contributed by atoms with Crippen molar-refractivity contribution in [1.29, 1.82) is 0 Å². The number of nitrogens with zero attached hydrogens (tertiary/aromatic N) is 1. The zero-order chi connectivity index (χ0) is 14.0. The van der Waals surface area contributed by atoms with Crippen LogP contribution in [0.4, 0.5) is 0 Å². The molecule has 1 atom stereocenters. The van der Waals surface area contributed by atoms with E-state index in [0.29, 0.717) is 12.8 Å². The lowest BCUT2D eigenvalue weighted by atomic mass is 9.76. The van der Waals surface area contributed by atoms with Crippen molar-refractivity contribution in [1.82, 2.24) is 4.98 Å². The molecule has 0 saturated heterocycles. The zero-order valence-corrected chi connectivity index (χ0v) is 11.0. The third-order valence-corrected chi connectivity index (χ3v) is 3.72. The molecular weight excluding hydrogens is 254 g/mol. The van der Waals surface area contributed by atoms with Gasteiger partial charge < -0.3 is 9.84 Å². The van der Waals surface area contributed by atoms with Crippen molar-refractivity contribution >= 4 is 5.97 Å². The highest BCUT2D eigenvalue weighted by molar-refractivity contribution is 5.76. The molecule has 20 heavy (non-hydrogen) atoms. The summed E-state index contributed by atoms with van der Waals surface area (Å²) in [6, 6.07) is 11.3. The number of carboxylic acids is 1. The average molecular weight is 269 g/mol. The molecule has 1 aromatic heterocycles. The Morgan fingerprint density at radius 2 is 2.15 bits per heavy atom. The summed E-state index contributed by atoms with van der Waals surface area (Å²) in [7, 11) is 0. The molecular formula is C16H15NO3. The van der Waals surface area contributed by atoms with Crippen LogP contribution in [0.3, 0.4) is 0 Å². The largest absolute Gasteiger partial charge is 0.492 e. The summed E-state index contributed by atoms with van der Waals surface area (Å²) in [5.74, 6) is -0.0357. The van der Waals surface area contributed by atoms with Gasteiger partial charge in [-0.3, -0.25) is 9.78 Å². The van der Waals surface area contributed by atoms with Gasteiger partial charge in [-0.25, -0.2) is 0 Å². The molecule has 0 aliphatic carbocycles. The molecule has 0 spiro atoms. The van der Waals surface area contributed by atoms with Crippen LogP contribution in [0.1, 0.15) is 11.1 Å². The van der Waals surface area contributed by atoms with Crippen LogP contribution in [0.2, 0.25) is 0 Å². The van der Waals surface area contributed by atoms with Gasteiger partial charge in [-0.15, -0.1) is 0 Å². The van der Waals surface area contributed by atoms with Crippen LogP contribution in [0.15, 0.2) is 48.8 Å². The van der Waals surface area contributed by atoms with E-state index in [1.165, 1.54) is 0 Å². The summed E-state index contributed by atoms with van der Waals surface area (Å²) in [6.07, 6.45) is 4.30. The van der Waals surface area contributed by atoms with Crippen LogP contribution >= 0.6 is 0 Å². The lowest BCUT2D eigenvalue weighted by Gasteiger charge is -2.34. The van der Waals surface area contributed by atoms with Gasteiger partial charge in [0.25, 0.3) is 0 Å². The minimum absolute atomic E-state index is 0.189. The molecule has 2 aromatic rings. The Morgan fingerprint density at radius 3 is 2.90 bits per heavy atom. The number of para-hydroxylation sites is 1. The van der Waals surface area contributed by atoms with Crippen molar-refractivity contribution in [3.05, 3.63) is 59.9 Å². The van der Waals surface area contributed by atoms with Gasteiger partial charge in [0.2, 0.25) is 0 Å². The number of carbonyl (C=O) groups is 1. The minimum atomic E-state index is -0.919. The predicted octanol–water partition coefficient (Wildman–Crippen LogP) is 2.33. The summed E-state index contributed by atoms with van der Waals surface area (Å²) in [5.41, 5.74) is 0.945. The van der Waals surface area contributed by atoms with E-state index in [1.807, 2.05) is 36.4 Å². The number of hydrogen-bond donors (Lipinski definition) is 1. The lowest BCUT2D eigenvalue weighted by Crippen LogP contribution is -2.43. The number of aromatic nitrogens is 1. The quantitative estimate of drug-likeness (QED) is 0.929. The fourth-order valence-electron chi connectivity index (χ4n) is 2.64. The Kier molecular flexibility index (Phi) is 3.14. The molecule has 0 bridgehead atoms. The normalized spacial score (nSPS) is 20.8. The molecule has 102 valence electrons. The fourth-order valence-corrected chi connectivity index (χ4v) is 2.64. The summed E-state index contributed by atoms with van der Waals surface area (Å²) in [5, 5.41) is 9.68. The van der Waals surface area contributed by atoms with Gasteiger partial charge in [-0.2, -0.15) is 0 Å². The molecule has 0 saturated carbocycles. The number of hydrogen-bond acceptors (Lipinski definition) is 3. The molecule has 2 heterocycles. The van der Waals surface area contributed by atoms with Crippen LogP contribution in [0.5, 0.6) is 5.75 Å². The first-order valence-corrected chi connectivity index (χ1v) is 6.53. The van der Waals surface area contributed by atoms with Gasteiger partial charge in [0.15, 0.2) is 0 Å². The molecule has 1 unspecified atom stereocenters. The Bertz CT molecular complexity index is 627. The monoisotopic (exact) mass is 269 g/mol. The van der Waals surface area contributed by atoms with Crippen molar-refractivity contribution in [3.63, 3.8) is 0 Å². The van der Waals surface area contributed by atoms with Crippen LogP contribution in [0, 0.1) is 5.41 Å². The van der Waals surface area contributed by atoms with Gasteiger partial charge in [0.1, 0.15) is 17.8 Å². The second-order valence-electron chi connectivity index (χ2n) is 5.20. The predicted molar refractivity (Wildman–Crippen MR) is 73.7 cm³/mol. The molecule has 0 radical (unpaired) electrons. The van der Waals surface area contributed by atoms with Crippen LogP contribution < -0.4 is 4.74 Å². The van der Waals surface area contributed by atoms with Crippen LogP contribution in [-0.2, 0) is 17.6 Å². The van der Waals surface area contributed by atoms with Crippen LogP contribution in [0.25, 0.3) is 0 Å². The van der Waals surface area contributed by atoms with E-state index in [-0.39, 0.29) is 6.61 Å². The molecule has 3 rings (SSSR count). The van der Waals surface area contributed by atoms with E-state index in [1.54, 1.807) is 12.4 Å². The Morgan fingerprint density at radius 1 is 1.30 bits per heavy atom. The number of carboxylic acid groups (broad SMARTS) is 1. The summed E-state index contributed by atoms with van der Waals surface area (Å²) in [4.78, 5) is 15.8. The zero-order valence-electron chi connectivity index (χ0n) is 11.0. The van der Waals surface area contributed by atoms with E-state index in [9.17, 15) is 9.90 Å². The number of rotatable bonds is 3. The van der Waals surface area contributed by atoms with Crippen molar-refractivity contribution in [3.8, 4) is 5.75 Å². The summed E-state index contributed by atoms with van der Waals surface area (Å²) in [6.45, 7) is 0.189.